The molecule has 0 saturated heterocycles. The molecule has 1 saturated carbocycles. The smallest absolute Gasteiger partial charge is 0.248 e. The van der Waals surface area contributed by atoms with Crippen molar-refractivity contribution in [2.45, 2.75) is 32.7 Å². The van der Waals surface area contributed by atoms with Crippen LogP contribution in [0.2, 0.25) is 0 Å². The molecule has 16 heavy (non-hydrogen) atoms. The van der Waals surface area contributed by atoms with Crippen molar-refractivity contribution in [3.8, 4) is 0 Å². The van der Waals surface area contributed by atoms with Crippen LogP contribution in [0, 0.1) is 5.41 Å². The number of anilines is 1. The number of carbonyl (C=O) groups is 1. The molecule has 3 heteroatoms. The molecule has 3 nitrogen and oxygen atoms in total. The van der Waals surface area contributed by atoms with Gasteiger partial charge in [-0.25, -0.2) is 0 Å². The maximum absolute atomic E-state index is 11.0. The zero-order chi connectivity index (χ0) is 11.8. The van der Waals surface area contributed by atoms with E-state index in [1.165, 1.54) is 12.8 Å². The number of carbonyl (C=O) groups excluding carboxylic acids is 1. The zero-order valence-electron chi connectivity index (χ0n) is 9.79. The van der Waals surface area contributed by atoms with Crippen molar-refractivity contribution in [2.75, 3.05) is 5.32 Å². The fourth-order valence-corrected chi connectivity index (χ4v) is 1.82. The van der Waals surface area contributed by atoms with Crippen LogP contribution in [0.25, 0.3) is 0 Å². The highest BCUT2D eigenvalue weighted by molar-refractivity contribution is 5.93. The predicted molar refractivity (Wildman–Crippen MR) is 65.4 cm³/mol. The molecule has 2 rings (SSSR count). The van der Waals surface area contributed by atoms with E-state index >= 15 is 0 Å². The molecule has 0 heterocycles. The standard InChI is InChI=1S/C13H18N2O/c1-9(13(2)6-7-13)15-11-5-3-4-10(8-11)12(14)16/h3-5,8-9,15H,6-7H2,1-2H3,(H2,14,16). The van der Waals surface area contributed by atoms with Gasteiger partial charge in [-0.05, 0) is 43.4 Å². The normalized spacial score (nSPS) is 18.9. The molecular weight excluding hydrogens is 200 g/mol. The number of benzene rings is 1. The highest BCUT2D eigenvalue weighted by atomic mass is 16.1. The molecule has 0 spiro atoms. The molecule has 1 aromatic carbocycles. The number of amides is 1. The van der Waals surface area contributed by atoms with E-state index in [0.717, 1.165) is 5.69 Å². The third kappa shape index (κ3) is 2.18. The Labute approximate surface area is 96.0 Å². The molecule has 1 amide bonds. The van der Waals surface area contributed by atoms with Gasteiger partial charge in [0, 0.05) is 17.3 Å². The van der Waals surface area contributed by atoms with E-state index in [1.807, 2.05) is 18.2 Å². The van der Waals surface area contributed by atoms with Crippen LogP contribution in [0.5, 0.6) is 0 Å². The molecule has 1 atom stereocenters. The second-order valence-electron chi connectivity index (χ2n) is 4.97. The molecule has 0 bridgehead atoms. The average molecular weight is 218 g/mol. The average Bonchev–Trinajstić information content (AvgIpc) is 2.98. The van der Waals surface area contributed by atoms with Gasteiger partial charge in [0.15, 0.2) is 0 Å². The van der Waals surface area contributed by atoms with Crippen LogP contribution in [-0.4, -0.2) is 11.9 Å². The Morgan fingerprint density at radius 3 is 2.75 bits per heavy atom. The van der Waals surface area contributed by atoms with Crippen LogP contribution in [0.4, 0.5) is 5.69 Å². The molecule has 1 fully saturated rings. The molecule has 0 aromatic heterocycles. The summed E-state index contributed by atoms with van der Waals surface area (Å²) >= 11 is 0. The molecule has 86 valence electrons. The van der Waals surface area contributed by atoms with E-state index < -0.39 is 0 Å². The maximum atomic E-state index is 11.0. The number of rotatable bonds is 4. The molecule has 1 aliphatic carbocycles. The van der Waals surface area contributed by atoms with Crippen molar-refractivity contribution in [3.63, 3.8) is 0 Å². The fourth-order valence-electron chi connectivity index (χ4n) is 1.82. The lowest BCUT2D eigenvalue weighted by atomic mass is 10.0. The minimum atomic E-state index is -0.381. The van der Waals surface area contributed by atoms with Gasteiger partial charge in [-0.1, -0.05) is 13.0 Å². The van der Waals surface area contributed by atoms with Crippen molar-refractivity contribution in [2.24, 2.45) is 11.1 Å². The number of nitrogens with two attached hydrogens (primary N) is 1. The van der Waals surface area contributed by atoms with Gasteiger partial charge in [0.25, 0.3) is 0 Å². The van der Waals surface area contributed by atoms with E-state index in [-0.39, 0.29) is 5.91 Å². The SMILES string of the molecule is CC(Nc1cccc(C(N)=O)c1)C1(C)CC1. The van der Waals surface area contributed by atoms with Gasteiger partial charge in [-0.2, -0.15) is 0 Å². The maximum Gasteiger partial charge on any atom is 0.248 e. The summed E-state index contributed by atoms with van der Waals surface area (Å²) in [5.74, 6) is -0.381. The quantitative estimate of drug-likeness (QED) is 0.815. The summed E-state index contributed by atoms with van der Waals surface area (Å²) in [6.07, 6.45) is 2.55. The second-order valence-corrected chi connectivity index (χ2v) is 4.97. The second kappa shape index (κ2) is 3.81. The highest BCUT2D eigenvalue weighted by Crippen LogP contribution is 2.48. The summed E-state index contributed by atoms with van der Waals surface area (Å²) in [6.45, 7) is 4.46. The molecule has 0 aliphatic heterocycles. The van der Waals surface area contributed by atoms with Crippen molar-refractivity contribution in [1.82, 2.24) is 0 Å². The van der Waals surface area contributed by atoms with Gasteiger partial charge in [-0.3, -0.25) is 4.79 Å². The Morgan fingerprint density at radius 1 is 1.50 bits per heavy atom. The number of hydrogen-bond donors (Lipinski definition) is 2. The van der Waals surface area contributed by atoms with E-state index in [9.17, 15) is 4.79 Å². The van der Waals surface area contributed by atoms with Gasteiger partial charge in [0.2, 0.25) is 5.91 Å². The van der Waals surface area contributed by atoms with Crippen LogP contribution >= 0.6 is 0 Å². The lowest BCUT2D eigenvalue weighted by molar-refractivity contribution is 0.100. The molecule has 1 aliphatic rings. The van der Waals surface area contributed by atoms with E-state index in [4.69, 9.17) is 5.73 Å². The summed E-state index contributed by atoms with van der Waals surface area (Å²) in [5.41, 5.74) is 7.19. The number of primary amides is 1. The molecular formula is C13H18N2O. The molecule has 1 aromatic rings. The fraction of sp³-hybridized carbons (Fsp3) is 0.462. The van der Waals surface area contributed by atoms with Crippen molar-refractivity contribution in [3.05, 3.63) is 29.8 Å². The number of nitrogens with one attached hydrogen (secondary N) is 1. The molecule has 0 radical (unpaired) electrons. The van der Waals surface area contributed by atoms with Gasteiger partial charge in [0.1, 0.15) is 0 Å². The summed E-state index contributed by atoms with van der Waals surface area (Å²) in [5, 5.41) is 3.43. The first-order chi connectivity index (χ1) is 7.51. The van der Waals surface area contributed by atoms with E-state index in [1.54, 1.807) is 6.07 Å². The Balaban J connectivity index is 2.09. The molecule has 3 N–H and O–H groups in total. The Morgan fingerprint density at radius 2 is 2.19 bits per heavy atom. The lowest BCUT2D eigenvalue weighted by Crippen LogP contribution is -2.25. The first-order valence-electron chi connectivity index (χ1n) is 5.68. The zero-order valence-corrected chi connectivity index (χ0v) is 9.79. The monoisotopic (exact) mass is 218 g/mol. The Kier molecular flexibility index (Phi) is 2.62. The van der Waals surface area contributed by atoms with Gasteiger partial charge in [-0.15, -0.1) is 0 Å². The van der Waals surface area contributed by atoms with Crippen molar-refractivity contribution < 1.29 is 4.79 Å². The Bertz CT molecular complexity index is 410. The topological polar surface area (TPSA) is 55.1 Å². The van der Waals surface area contributed by atoms with Gasteiger partial charge >= 0.3 is 0 Å². The Hall–Kier alpha value is -1.51. The van der Waals surface area contributed by atoms with Crippen molar-refractivity contribution in [1.29, 1.82) is 0 Å². The van der Waals surface area contributed by atoms with Crippen LogP contribution in [-0.2, 0) is 0 Å². The third-order valence-electron chi connectivity index (χ3n) is 3.61. The minimum absolute atomic E-state index is 0.381. The van der Waals surface area contributed by atoms with Gasteiger partial charge in [0.05, 0.1) is 0 Å². The van der Waals surface area contributed by atoms with E-state index in [0.29, 0.717) is 17.0 Å². The van der Waals surface area contributed by atoms with Crippen LogP contribution in [0.1, 0.15) is 37.0 Å². The van der Waals surface area contributed by atoms with Gasteiger partial charge < -0.3 is 11.1 Å². The summed E-state index contributed by atoms with van der Waals surface area (Å²) in [7, 11) is 0. The largest absolute Gasteiger partial charge is 0.382 e. The number of hydrogen-bond acceptors (Lipinski definition) is 2. The summed E-state index contributed by atoms with van der Waals surface area (Å²) in [6, 6.07) is 7.79. The minimum Gasteiger partial charge on any atom is -0.382 e. The first kappa shape index (κ1) is 11.0. The first-order valence-corrected chi connectivity index (χ1v) is 5.68. The summed E-state index contributed by atoms with van der Waals surface area (Å²) in [4.78, 5) is 11.0. The van der Waals surface area contributed by atoms with Crippen LogP contribution in [0.15, 0.2) is 24.3 Å². The van der Waals surface area contributed by atoms with E-state index in [2.05, 4.69) is 19.2 Å². The lowest BCUT2D eigenvalue weighted by Gasteiger charge is -2.21. The predicted octanol–water partition coefficient (Wildman–Crippen LogP) is 2.39. The van der Waals surface area contributed by atoms with Crippen LogP contribution in [0.3, 0.4) is 0 Å². The van der Waals surface area contributed by atoms with Crippen LogP contribution < -0.4 is 11.1 Å². The molecule has 1 unspecified atom stereocenters. The van der Waals surface area contributed by atoms with Crippen molar-refractivity contribution >= 4 is 11.6 Å². The third-order valence-corrected chi connectivity index (χ3v) is 3.61. The summed E-state index contributed by atoms with van der Waals surface area (Å²) < 4.78 is 0. The highest BCUT2D eigenvalue weighted by Gasteiger charge is 2.42.